The second-order valence-corrected chi connectivity index (χ2v) is 6.53. The highest BCUT2D eigenvalue weighted by molar-refractivity contribution is 5.85. The molecular formula is C21H27ClN2O3. The van der Waals surface area contributed by atoms with E-state index in [9.17, 15) is 4.79 Å². The van der Waals surface area contributed by atoms with Gasteiger partial charge in [0.1, 0.15) is 5.75 Å². The van der Waals surface area contributed by atoms with Crippen LogP contribution in [0.3, 0.4) is 0 Å². The van der Waals surface area contributed by atoms with Crippen LogP contribution in [0.25, 0.3) is 0 Å². The zero-order valence-corrected chi connectivity index (χ0v) is 16.3. The van der Waals surface area contributed by atoms with E-state index in [1.165, 1.54) is 5.56 Å². The van der Waals surface area contributed by atoms with Crippen molar-refractivity contribution in [2.24, 2.45) is 5.73 Å². The number of hydrogen-bond acceptors (Lipinski definition) is 4. The summed E-state index contributed by atoms with van der Waals surface area (Å²) in [6.45, 7) is 1.08. The molecule has 2 unspecified atom stereocenters. The average Bonchev–Trinajstić information content (AvgIpc) is 2.70. The Morgan fingerprint density at radius 3 is 2.70 bits per heavy atom. The molecule has 1 heterocycles. The van der Waals surface area contributed by atoms with Gasteiger partial charge in [-0.25, -0.2) is 0 Å². The van der Waals surface area contributed by atoms with Crippen LogP contribution < -0.4 is 15.8 Å². The van der Waals surface area contributed by atoms with E-state index < -0.39 is 0 Å². The van der Waals surface area contributed by atoms with E-state index >= 15 is 0 Å². The van der Waals surface area contributed by atoms with Crippen LogP contribution in [0.15, 0.2) is 48.5 Å². The molecule has 0 saturated carbocycles. The molecule has 0 spiro atoms. The molecule has 2 aromatic carbocycles. The highest BCUT2D eigenvalue weighted by Gasteiger charge is 2.21. The second kappa shape index (κ2) is 10.3. The van der Waals surface area contributed by atoms with Gasteiger partial charge in [0.25, 0.3) is 0 Å². The van der Waals surface area contributed by atoms with Crippen molar-refractivity contribution in [1.82, 2.24) is 5.32 Å². The Hall–Kier alpha value is -2.08. The molecule has 1 amide bonds. The zero-order chi connectivity index (χ0) is 18.4. The van der Waals surface area contributed by atoms with Gasteiger partial charge >= 0.3 is 0 Å². The van der Waals surface area contributed by atoms with Crippen LogP contribution in [0.2, 0.25) is 0 Å². The number of benzene rings is 2. The highest BCUT2D eigenvalue weighted by atomic mass is 35.5. The van der Waals surface area contributed by atoms with Crippen LogP contribution in [0.1, 0.15) is 35.6 Å². The van der Waals surface area contributed by atoms with Crippen molar-refractivity contribution in [3.8, 4) is 5.75 Å². The molecule has 2 aromatic rings. The molecule has 6 heteroatoms. The Bertz CT molecular complexity index is 735. The summed E-state index contributed by atoms with van der Waals surface area (Å²) in [5, 5.41) is 3.14. The van der Waals surface area contributed by atoms with Gasteiger partial charge in [0.15, 0.2) is 0 Å². The maximum atomic E-state index is 12.5. The lowest BCUT2D eigenvalue weighted by atomic mass is 9.94. The topological polar surface area (TPSA) is 73.6 Å². The lowest BCUT2D eigenvalue weighted by Gasteiger charge is -2.24. The summed E-state index contributed by atoms with van der Waals surface area (Å²) in [6, 6.07) is 15.9. The standard InChI is InChI=1S/C21H26N2O3.ClH/c1-25-18(14-22)13-20(24)23-21(15-6-3-2-4-7-15)17-9-10-19-16(12-17)8-5-11-26-19;/h2-4,6-7,9-10,12,18,21H,5,8,11,13-14,22H2,1H3,(H,23,24);1H. The smallest absolute Gasteiger partial charge is 0.223 e. The van der Waals surface area contributed by atoms with Crippen LogP contribution in [-0.2, 0) is 16.0 Å². The maximum absolute atomic E-state index is 12.5. The first-order chi connectivity index (χ1) is 12.7. The van der Waals surface area contributed by atoms with Gasteiger partial charge in [-0.3, -0.25) is 4.79 Å². The first-order valence-electron chi connectivity index (χ1n) is 9.04. The highest BCUT2D eigenvalue weighted by Crippen LogP contribution is 2.30. The van der Waals surface area contributed by atoms with Gasteiger partial charge in [-0.1, -0.05) is 36.4 Å². The Balaban J connectivity index is 0.00000261. The van der Waals surface area contributed by atoms with E-state index in [4.69, 9.17) is 15.2 Å². The molecule has 3 rings (SSSR count). The third-order valence-electron chi connectivity index (χ3n) is 4.71. The van der Waals surface area contributed by atoms with Crippen LogP contribution >= 0.6 is 12.4 Å². The number of carbonyl (C=O) groups excluding carboxylic acids is 1. The second-order valence-electron chi connectivity index (χ2n) is 6.53. The molecule has 0 bridgehead atoms. The van der Waals surface area contributed by atoms with Crippen LogP contribution in [-0.4, -0.2) is 32.3 Å². The Kier molecular flexibility index (Phi) is 8.10. The van der Waals surface area contributed by atoms with Gasteiger partial charge in [0.2, 0.25) is 5.91 Å². The third-order valence-corrected chi connectivity index (χ3v) is 4.71. The molecule has 0 saturated heterocycles. The zero-order valence-electron chi connectivity index (χ0n) is 15.5. The number of aryl methyl sites for hydroxylation is 1. The Labute approximate surface area is 166 Å². The number of hydrogen-bond donors (Lipinski definition) is 2. The van der Waals surface area contributed by atoms with Gasteiger partial charge < -0.3 is 20.5 Å². The van der Waals surface area contributed by atoms with Gasteiger partial charge in [0, 0.05) is 13.7 Å². The van der Waals surface area contributed by atoms with E-state index in [0.29, 0.717) is 6.54 Å². The molecule has 27 heavy (non-hydrogen) atoms. The number of carbonyl (C=O) groups is 1. The first kappa shape index (κ1) is 21.2. The molecule has 3 N–H and O–H groups in total. The number of amides is 1. The fourth-order valence-corrected chi connectivity index (χ4v) is 3.25. The molecule has 1 aliphatic rings. The fourth-order valence-electron chi connectivity index (χ4n) is 3.25. The predicted octanol–water partition coefficient (Wildman–Crippen LogP) is 3.00. The summed E-state index contributed by atoms with van der Waals surface area (Å²) in [6.07, 6.45) is 1.98. The largest absolute Gasteiger partial charge is 0.493 e. The minimum absolute atomic E-state index is 0. The number of halogens is 1. The molecule has 0 aromatic heterocycles. The first-order valence-corrected chi connectivity index (χ1v) is 9.04. The van der Waals surface area contributed by atoms with E-state index in [1.807, 2.05) is 42.5 Å². The number of fused-ring (bicyclic) bond motifs is 1. The van der Waals surface area contributed by atoms with E-state index in [0.717, 1.165) is 36.3 Å². The minimum Gasteiger partial charge on any atom is -0.493 e. The van der Waals surface area contributed by atoms with Crippen molar-refractivity contribution < 1.29 is 14.3 Å². The summed E-state index contributed by atoms with van der Waals surface area (Å²) in [7, 11) is 1.57. The van der Waals surface area contributed by atoms with Crippen molar-refractivity contribution in [3.63, 3.8) is 0 Å². The van der Waals surface area contributed by atoms with Gasteiger partial charge in [0.05, 0.1) is 25.2 Å². The van der Waals surface area contributed by atoms with Crippen LogP contribution in [0, 0.1) is 0 Å². The predicted molar refractivity (Wildman–Crippen MR) is 108 cm³/mol. The number of rotatable bonds is 7. The molecule has 2 atom stereocenters. The lowest BCUT2D eigenvalue weighted by molar-refractivity contribution is -0.123. The Morgan fingerprint density at radius 2 is 2.00 bits per heavy atom. The maximum Gasteiger partial charge on any atom is 0.223 e. The van der Waals surface area contributed by atoms with Gasteiger partial charge in [-0.2, -0.15) is 0 Å². The molecular weight excluding hydrogens is 364 g/mol. The number of nitrogens with two attached hydrogens (primary N) is 1. The molecule has 146 valence electrons. The molecule has 0 fully saturated rings. The van der Waals surface area contributed by atoms with Gasteiger partial charge in [-0.15, -0.1) is 12.4 Å². The van der Waals surface area contributed by atoms with Crippen LogP contribution in [0.5, 0.6) is 5.75 Å². The fraction of sp³-hybridized carbons (Fsp3) is 0.381. The van der Waals surface area contributed by atoms with Crippen molar-refractivity contribution >= 4 is 18.3 Å². The summed E-state index contributed by atoms with van der Waals surface area (Å²) < 4.78 is 10.9. The van der Waals surface area contributed by atoms with Crippen molar-refractivity contribution in [3.05, 3.63) is 65.2 Å². The number of nitrogens with one attached hydrogen (secondary N) is 1. The average molecular weight is 391 g/mol. The Morgan fingerprint density at radius 1 is 1.22 bits per heavy atom. The molecule has 0 radical (unpaired) electrons. The minimum atomic E-state index is -0.275. The summed E-state index contributed by atoms with van der Waals surface area (Å²) in [5.74, 6) is 0.867. The van der Waals surface area contributed by atoms with Crippen molar-refractivity contribution in [2.75, 3.05) is 20.3 Å². The summed E-state index contributed by atoms with van der Waals surface area (Å²) in [4.78, 5) is 12.5. The lowest BCUT2D eigenvalue weighted by Crippen LogP contribution is -2.35. The van der Waals surface area contributed by atoms with Crippen LogP contribution in [0.4, 0.5) is 0 Å². The monoisotopic (exact) mass is 390 g/mol. The quantitative estimate of drug-likeness (QED) is 0.762. The normalized spacial score (nSPS) is 14.9. The molecule has 1 aliphatic heterocycles. The van der Waals surface area contributed by atoms with Crippen molar-refractivity contribution in [1.29, 1.82) is 0 Å². The molecule has 5 nitrogen and oxygen atoms in total. The van der Waals surface area contributed by atoms with Crippen molar-refractivity contribution in [2.45, 2.75) is 31.4 Å². The number of ether oxygens (including phenoxy) is 2. The third kappa shape index (κ3) is 5.45. The SMILES string of the molecule is COC(CN)CC(=O)NC(c1ccccc1)c1ccc2c(c1)CCCO2.Cl. The summed E-state index contributed by atoms with van der Waals surface area (Å²) >= 11 is 0. The summed E-state index contributed by atoms with van der Waals surface area (Å²) in [5.41, 5.74) is 8.93. The van der Waals surface area contributed by atoms with E-state index in [1.54, 1.807) is 7.11 Å². The molecule has 0 aliphatic carbocycles. The van der Waals surface area contributed by atoms with E-state index in [-0.39, 0.29) is 36.9 Å². The van der Waals surface area contributed by atoms with Gasteiger partial charge in [-0.05, 0) is 41.7 Å². The number of methoxy groups -OCH3 is 1. The van der Waals surface area contributed by atoms with E-state index in [2.05, 4.69) is 11.4 Å².